The summed E-state index contributed by atoms with van der Waals surface area (Å²) in [6.45, 7) is 8.46. The molecule has 146 valence electrons. The molecule has 1 saturated heterocycles. The number of nitrogens with zero attached hydrogens (tertiary/aromatic N) is 3. The van der Waals surface area contributed by atoms with Gasteiger partial charge in [0.25, 0.3) is 0 Å². The van der Waals surface area contributed by atoms with Crippen molar-refractivity contribution >= 4 is 5.91 Å². The summed E-state index contributed by atoms with van der Waals surface area (Å²) in [6, 6.07) is 8.48. The second-order valence-corrected chi connectivity index (χ2v) is 7.58. The Morgan fingerprint density at radius 2 is 2.22 bits per heavy atom. The highest BCUT2D eigenvalue weighted by atomic mass is 16.5. The van der Waals surface area contributed by atoms with E-state index < -0.39 is 0 Å². The molecule has 0 saturated carbocycles. The maximum atomic E-state index is 12.4. The van der Waals surface area contributed by atoms with E-state index in [0.717, 1.165) is 44.3 Å². The van der Waals surface area contributed by atoms with E-state index in [1.807, 2.05) is 25.1 Å². The van der Waals surface area contributed by atoms with Crippen LogP contribution in [0.15, 0.2) is 28.8 Å². The molecule has 1 aromatic heterocycles. The van der Waals surface area contributed by atoms with E-state index in [0.29, 0.717) is 24.3 Å². The highest BCUT2D eigenvalue weighted by molar-refractivity contribution is 5.78. The molecular weight excluding hydrogens is 340 g/mol. The van der Waals surface area contributed by atoms with Crippen LogP contribution in [0.1, 0.15) is 51.0 Å². The van der Waals surface area contributed by atoms with Gasteiger partial charge in [0.15, 0.2) is 0 Å². The molecule has 1 amide bonds. The topological polar surface area (TPSA) is 71.3 Å². The lowest BCUT2D eigenvalue weighted by Crippen LogP contribution is -2.46. The minimum absolute atomic E-state index is 0.0391. The van der Waals surface area contributed by atoms with E-state index >= 15 is 0 Å². The number of piperidine rings is 1. The molecule has 1 N–H and O–H groups in total. The van der Waals surface area contributed by atoms with Crippen LogP contribution in [0.4, 0.5) is 0 Å². The van der Waals surface area contributed by atoms with Crippen LogP contribution in [0.3, 0.4) is 0 Å². The Kier molecular flexibility index (Phi) is 6.61. The molecule has 1 aliphatic heterocycles. The van der Waals surface area contributed by atoms with Crippen molar-refractivity contribution < 1.29 is 9.32 Å². The number of likely N-dealkylation sites (tertiary alicyclic amines) is 1. The number of hydrogen-bond donors (Lipinski definition) is 1. The largest absolute Gasteiger partial charge is 0.356 e. The second kappa shape index (κ2) is 9.13. The fourth-order valence-corrected chi connectivity index (χ4v) is 3.54. The van der Waals surface area contributed by atoms with Gasteiger partial charge in [-0.25, -0.2) is 0 Å². The van der Waals surface area contributed by atoms with Gasteiger partial charge >= 0.3 is 0 Å². The molecule has 6 nitrogen and oxygen atoms in total. The fraction of sp³-hybridized carbons (Fsp3) is 0.571. The molecular formula is C21H30N4O2. The predicted octanol–water partition coefficient (Wildman–Crippen LogP) is 3.56. The molecule has 2 heterocycles. The zero-order chi connectivity index (χ0) is 19.2. The number of rotatable bonds is 7. The molecule has 2 aromatic rings. The van der Waals surface area contributed by atoms with E-state index in [2.05, 4.69) is 40.3 Å². The predicted molar refractivity (Wildman–Crippen MR) is 105 cm³/mol. The second-order valence-electron chi connectivity index (χ2n) is 7.58. The Morgan fingerprint density at radius 3 is 3.00 bits per heavy atom. The molecule has 1 aliphatic rings. The summed E-state index contributed by atoms with van der Waals surface area (Å²) in [6.07, 6.45) is 4.07. The fourth-order valence-electron chi connectivity index (χ4n) is 3.54. The zero-order valence-corrected chi connectivity index (χ0v) is 16.6. The van der Waals surface area contributed by atoms with Crippen molar-refractivity contribution in [3.8, 4) is 11.4 Å². The van der Waals surface area contributed by atoms with Crippen molar-refractivity contribution in [2.24, 2.45) is 5.92 Å². The Bertz CT molecular complexity index is 758. The first kappa shape index (κ1) is 19.5. The van der Waals surface area contributed by atoms with Gasteiger partial charge in [-0.3, -0.25) is 9.69 Å². The third kappa shape index (κ3) is 5.16. The minimum atomic E-state index is 0.0391. The van der Waals surface area contributed by atoms with Crippen LogP contribution >= 0.6 is 0 Å². The van der Waals surface area contributed by atoms with Crippen LogP contribution in [0.25, 0.3) is 11.4 Å². The maximum Gasteiger partial charge on any atom is 0.241 e. The van der Waals surface area contributed by atoms with Crippen molar-refractivity contribution in [3.05, 3.63) is 35.7 Å². The number of unbranched alkanes of at least 4 members (excludes halogenated alkanes) is 1. The van der Waals surface area contributed by atoms with Gasteiger partial charge in [0, 0.05) is 24.7 Å². The number of hydrogen-bond acceptors (Lipinski definition) is 5. The highest BCUT2D eigenvalue weighted by Gasteiger charge is 2.30. The molecule has 27 heavy (non-hydrogen) atoms. The van der Waals surface area contributed by atoms with Gasteiger partial charge in [0.2, 0.25) is 17.6 Å². The molecule has 2 unspecified atom stereocenters. The van der Waals surface area contributed by atoms with Gasteiger partial charge < -0.3 is 9.84 Å². The summed E-state index contributed by atoms with van der Waals surface area (Å²) in [5, 5.41) is 7.20. The quantitative estimate of drug-likeness (QED) is 0.755. The van der Waals surface area contributed by atoms with E-state index in [1.165, 1.54) is 5.56 Å². The first-order valence-electron chi connectivity index (χ1n) is 9.98. The van der Waals surface area contributed by atoms with Gasteiger partial charge in [-0.1, -0.05) is 42.3 Å². The number of benzene rings is 1. The van der Waals surface area contributed by atoms with E-state index in [4.69, 9.17) is 4.52 Å². The summed E-state index contributed by atoms with van der Waals surface area (Å²) in [7, 11) is 0. The molecule has 2 atom stereocenters. The molecule has 0 bridgehead atoms. The average molecular weight is 370 g/mol. The maximum absolute atomic E-state index is 12.4. The number of aryl methyl sites for hydroxylation is 1. The van der Waals surface area contributed by atoms with E-state index in [1.54, 1.807) is 0 Å². The number of amides is 1. The third-order valence-corrected chi connectivity index (χ3v) is 5.29. The minimum Gasteiger partial charge on any atom is -0.356 e. The Morgan fingerprint density at radius 1 is 1.37 bits per heavy atom. The van der Waals surface area contributed by atoms with Crippen LogP contribution in [-0.2, 0) is 11.3 Å². The van der Waals surface area contributed by atoms with Crippen LogP contribution in [-0.4, -0.2) is 40.1 Å². The highest BCUT2D eigenvalue weighted by Crippen LogP contribution is 2.24. The van der Waals surface area contributed by atoms with Crippen LogP contribution in [0.2, 0.25) is 0 Å². The Labute approximate surface area is 161 Å². The summed E-state index contributed by atoms with van der Waals surface area (Å²) in [4.78, 5) is 19.2. The van der Waals surface area contributed by atoms with E-state index in [9.17, 15) is 4.79 Å². The number of carbonyl (C=O) groups excluding carboxylic acids is 1. The molecule has 1 fully saturated rings. The van der Waals surface area contributed by atoms with Gasteiger partial charge in [0.05, 0.1) is 12.5 Å². The van der Waals surface area contributed by atoms with Crippen molar-refractivity contribution in [2.45, 2.75) is 59.0 Å². The summed E-state index contributed by atoms with van der Waals surface area (Å²) >= 11 is 0. The standard InChI is InChI=1S/C21H30N4O2/c1-4-5-11-22-21(26)18-10-9-16(3)25(13-18)14-19-23-20(24-27-19)17-8-6-7-15(2)12-17/h6-8,12,16,18H,4-5,9-11,13-14H2,1-3H3,(H,22,26). The van der Waals surface area contributed by atoms with Crippen molar-refractivity contribution in [3.63, 3.8) is 0 Å². The first-order valence-corrected chi connectivity index (χ1v) is 9.98. The monoisotopic (exact) mass is 370 g/mol. The van der Waals surface area contributed by atoms with Gasteiger partial charge in [-0.15, -0.1) is 0 Å². The Balaban J connectivity index is 1.61. The van der Waals surface area contributed by atoms with Gasteiger partial charge in [-0.2, -0.15) is 4.98 Å². The van der Waals surface area contributed by atoms with E-state index in [-0.39, 0.29) is 11.8 Å². The molecule has 6 heteroatoms. The van der Waals surface area contributed by atoms with Gasteiger partial charge in [-0.05, 0) is 39.2 Å². The summed E-state index contributed by atoms with van der Waals surface area (Å²) in [5.41, 5.74) is 2.13. The normalized spacial score (nSPS) is 20.6. The average Bonchev–Trinajstić information content (AvgIpc) is 3.12. The smallest absolute Gasteiger partial charge is 0.241 e. The molecule has 1 aromatic carbocycles. The van der Waals surface area contributed by atoms with Crippen molar-refractivity contribution in [1.82, 2.24) is 20.4 Å². The third-order valence-electron chi connectivity index (χ3n) is 5.29. The SMILES string of the molecule is CCCCNC(=O)C1CCC(C)N(Cc2nc(-c3cccc(C)c3)no2)C1. The summed E-state index contributed by atoms with van der Waals surface area (Å²) in [5.74, 6) is 1.43. The lowest BCUT2D eigenvalue weighted by Gasteiger charge is -2.36. The van der Waals surface area contributed by atoms with Crippen molar-refractivity contribution in [2.75, 3.05) is 13.1 Å². The van der Waals surface area contributed by atoms with Crippen LogP contribution < -0.4 is 5.32 Å². The van der Waals surface area contributed by atoms with Crippen LogP contribution in [0.5, 0.6) is 0 Å². The van der Waals surface area contributed by atoms with Crippen molar-refractivity contribution in [1.29, 1.82) is 0 Å². The van der Waals surface area contributed by atoms with Crippen LogP contribution in [0, 0.1) is 12.8 Å². The molecule has 0 radical (unpaired) electrons. The summed E-state index contributed by atoms with van der Waals surface area (Å²) < 4.78 is 5.48. The lowest BCUT2D eigenvalue weighted by atomic mass is 9.92. The first-order chi connectivity index (χ1) is 13.1. The number of nitrogens with one attached hydrogen (secondary N) is 1. The zero-order valence-electron chi connectivity index (χ0n) is 16.6. The Hall–Kier alpha value is -2.21. The molecule has 0 aliphatic carbocycles. The number of carbonyl (C=O) groups is 1. The molecule has 3 rings (SSSR count). The van der Waals surface area contributed by atoms with Gasteiger partial charge in [0.1, 0.15) is 0 Å². The lowest BCUT2D eigenvalue weighted by molar-refractivity contribution is -0.127. The number of aromatic nitrogens is 2. The molecule has 0 spiro atoms.